The fourth-order valence-electron chi connectivity index (χ4n) is 3.19. The average molecular weight is 401 g/mol. The Kier molecular flexibility index (Phi) is 8.72. The third-order valence-corrected chi connectivity index (χ3v) is 4.99. The molecule has 28 heavy (non-hydrogen) atoms. The number of amides is 1. The predicted molar refractivity (Wildman–Crippen MR) is 103 cm³/mol. The third kappa shape index (κ3) is 7.77. The highest BCUT2D eigenvalue weighted by Crippen LogP contribution is 2.15. The summed E-state index contributed by atoms with van der Waals surface area (Å²) < 4.78 is 40.7. The topological polar surface area (TPSA) is 44.8 Å². The Morgan fingerprint density at radius 2 is 1.82 bits per heavy atom. The van der Waals surface area contributed by atoms with Crippen molar-refractivity contribution in [3.63, 3.8) is 0 Å². The van der Waals surface area contributed by atoms with Crippen LogP contribution in [0.2, 0.25) is 0 Å². The minimum Gasteiger partial charge on any atom is -0.372 e. The summed E-state index contributed by atoms with van der Waals surface area (Å²) in [7, 11) is 0. The van der Waals surface area contributed by atoms with Crippen LogP contribution in [0, 0.1) is 0 Å². The van der Waals surface area contributed by atoms with Crippen LogP contribution in [0.25, 0.3) is 0 Å². The third-order valence-electron chi connectivity index (χ3n) is 4.99. The second kappa shape index (κ2) is 10.8. The van der Waals surface area contributed by atoms with Crippen LogP contribution >= 0.6 is 0 Å². The number of hydrogen-bond acceptors (Lipinski definition) is 4. The molecule has 1 saturated heterocycles. The average Bonchev–Trinajstić information content (AvgIpc) is 2.67. The van der Waals surface area contributed by atoms with E-state index in [0.717, 1.165) is 38.3 Å². The molecule has 0 spiro atoms. The number of piperazine rings is 1. The van der Waals surface area contributed by atoms with Gasteiger partial charge in [0, 0.05) is 45.0 Å². The summed E-state index contributed by atoms with van der Waals surface area (Å²) in [6.45, 7) is 6.71. The van der Waals surface area contributed by atoms with E-state index in [0.29, 0.717) is 13.0 Å². The van der Waals surface area contributed by atoms with Crippen molar-refractivity contribution in [2.24, 2.45) is 0 Å². The fraction of sp³-hybridized carbons (Fsp3) is 0.650. The molecule has 1 N–H and O–H groups in total. The molecule has 0 radical (unpaired) electrons. The molecule has 0 aromatic heterocycles. The zero-order chi connectivity index (χ0) is 20.6. The molecule has 0 aliphatic carbocycles. The Labute approximate surface area is 164 Å². The molecule has 1 aromatic rings. The SMILES string of the molecule is CCc1ccc(NC(=O)[C@H](C)N2CCN(CCCOCC(F)(F)F)CC2)cc1. The molecule has 1 fully saturated rings. The van der Waals surface area contributed by atoms with Crippen molar-refractivity contribution in [2.75, 3.05) is 51.3 Å². The first-order chi connectivity index (χ1) is 13.3. The minimum absolute atomic E-state index is 0.0294. The number of hydrogen-bond donors (Lipinski definition) is 1. The first kappa shape index (κ1) is 22.6. The Bertz CT molecular complexity index is 600. The maximum Gasteiger partial charge on any atom is 0.411 e. The van der Waals surface area contributed by atoms with Gasteiger partial charge >= 0.3 is 6.18 Å². The van der Waals surface area contributed by atoms with Gasteiger partial charge in [-0.15, -0.1) is 0 Å². The quantitative estimate of drug-likeness (QED) is 0.646. The van der Waals surface area contributed by atoms with Crippen molar-refractivity contribution < 1.29 is 22.7 Å². The molecule has 1 amide bonds. The Hall–Kier alpha value is -1.64. The number of rotatable bonds is 9. The lowest BCUT2D eigenvalue weighted by Crippen LogP contribution is -2.52. The van der Waals surface area contributed by atoms with E-state index in [2.05, 4.69) is 26.8 Å². The van der Waals surface area contributed by atoms with Crippen LogP contribution < -0.4 is 5.32 Å². The Morgan fingerprint density at radius 3 is 2.39 bits per heavy atom. The van der Waals surface area contributed by atoms with Gasteiger partial charge in [-0.2, -0.15) is 13.2 Å². The molecule has 2 rings (SSSR count). The number of alkyl halides is 3. The van der Waals surface area contributed by atoms with Gasteiger partial charge in [0.05, 0.1) is 6.04 Å². The first-order valence-corrected chi connectivity index (χ1v) is 9.79. The number of ether oxygens (including phenoxy) is 1. The minimum atomic E-state index is -4.26. The second-order valence-electron chi connectivity index (χ2n) is 7.11. The van der Waals surface area contributed by atoms with Gasteiger partial charge in [-0.3, -0.25) is 9.69 Å². The van der Waals surface area contributed by atoms with E-state index in [1.54, 1.807) is 0 Å². The number of carbonyl (C=O) groups excluding carboxylic acids is 1. The van der Waals surface area contributed by atoms with E-state index in [1.165, 1.54) is 5.56 Å². The zero-order valence-electron chi connectivity index (χ0n) is 16.6. The molecule has 0 saturated carbocycles. The van der Waals surface area contributed by atoms with Crippen molar-refractivity contribution >= 4 is 11.6 Å². The maximum absolute atomic E-state index is 12.5. The van der Waals surface area contributed by atoms with Crippen molar-refractivity contribution in [3.05, 3.63) is 29.8 Å². The number of anilines is 1. The lowest BCUT2D eigenvalue weighted by molar-refractivity contribution is -0.174. The lowest BCUT2D eigenvalue weighted by atomic mass is 10.1. The number of benzene rings is 1. The van der Waals surface area contributed by atoms with Gasteiger partial charge in [-0.05, 0) is 37.5 Å². The molecule has 1 aromatic carbocycles. The number of halogens is 3. The molecule has 158 valence electrons. The van der Waals surface area contributed by atoms with Crippen LogP contribution in [0.5, 0.6) is 0 Å². The number of aryl methyl sites for hydroxylation is 1. The molecular formula is C20H30F3N3O2. The smallest absolute Gasteiger partial charge is 0.372 e. The van der Waals surface area contributed by atoms with Crippen LogP contribution in [0.3, 0.4) is 0 Å². The predicted octanol–water partition coefficient (Wildman–Crippen LogP) is 3.16. The van der Waals surface area contributed by atoms with E-state index in [1.807, 2.05) is 31.2 Å². The molecule has 1 aliphatic heterocycles. The highest BCUT2D eigenvalue weighted by molar-refractivity contribution is 5.94. The lowest BCUT2D eigenvalue weighted by Gasteiger charge is -2.37. The summed E-state index contributed by atoms with van der Waals surface area (Å²) >= 11 is 0. The molecule has 1 aliphatic rings. The van der Waals surface area contributed by atoms with Gasteiger partial charge in [0.1, 0.15) is 6.61 Å². The van der Waals surface area contributed by atoms with Crippen molar-refractivity contribution in [1.82, 2.24) is 9.80 Å². The summed E-state index contributed by atoms with van der Waals surface area (Å²) in [6.07, 6.45) is -2.73. The van der Waals surface area contributed by atoms with Crippen LogP contribution in [0.4, 0.5) is 18.9 Å². The van der Waals surface area contributed by atoms with E-state index < -0.39 is 12.8 Å². The van der Waals surface area contributed by atoms with Gasteiger partial charge in [-0.1, -0.05) is 19.1 Å². The van der Waals surface area contributed by atoms with Crippen LogP contribution in [0.15, 0.2) is 24.3 Å². The maximum atomic E-state index is 12.5. The highest BCUT2D eigenvalue weighted by atomic mass is 19.4. The molecule has 0 unspecified atom stereocenters. The van der Waals surface area contributed by atoms with Crippen molar-refractivity contribution in [1.29, 1.82) is 0 Å². The number of carbonyl (C=O) groups is 1. The standard InChI is InChI=1S/C20H30F3N3O2/c1-3-17-5-7-18(8-6-17)24-19(27)16(2)26-12-10-25(11-13-26)9-4-14-28-15-20(21,22)23/h5-8,16H,3-4,9-15H2,1-2H3,(H,24,27)/t16-/m0/s1. The van der Waals surface area contributed by atoms with E-state index in [4.69, 9.17) is 0 Å². The van der Waals surface area contributed by atoms with Crippen LogP contribution in [-0.4, -0.2) is 73.9 Å². The van der Waals surface area contributed by atoms with E-state index >= 15 is 0 Å². The van der Waals surface area contributed by atoms with Crippen LogP contribution in [0.1, 0.15) is 25.8 Å². The van der Waals surface area contributed by atoms with Gasteiger partial charge in [0.2, 0.25) is 5.91 Å². The number of nitrogens with zero attached hydrogens (tertiary/aromatic N) is 2. The molecule has 5 nitrogen and oxygen atoms in total. The Balaban J connectivity index is 1.66. The van der Waals surface area contributed by atoms with Gasteiger partial charge in [0.25, 0.3) is 0 Å². The van der Waals surface area contributed by atoms with E-state index in [-0.39, 0.29) is 18.6 Å². The fourth-order valence-corrected chi connectivity index (χ4v) is 3.19. The summed E-state index contributed by atoms with van der Waals surface area (Å²) in [6, 6.07) is 7.63. The molecule has 1 heterocycles. The Morgan fingerprint density at radius 1 is 1.18 bits per heavy atom. The summed E-state index contributed by atoms with van der Waals surface area (Å²) in [4.78, 5) is 16.8. The highest BCUT2D eigenvalue weighted by Gasteiger charge is 2.28. The molecule has 0 bridgehead atoms. The van der Waals surface area contributed by atoms with Gasteiger partial charge in [0.15, 0.2) is 0 Å². The summed E-state index contributed by atoms with van der Waals surface area (Å²) in [5.41, 5.74) is 2.03. The second-order valence-corrected chi connectivity index (χ2v) is 7.11. The van der Waals surface area contributed by atoms with Gasteiger partial charge < -0.3 is 15.0 Å². The summed E-state index contributed by atoms with van der Waals surface area (Å²) in [5.74, 6) is -0.0294. The summed E-state index contributed by atoms with van der Waals surface area (Å²) in [5, 5.41) is 2.96. The molecular weight excluding hydrogens is 371 g/mol. The van der Waals surface area contributed by atoms with Crippen molar-refractivity contribution in [2.45, 2.75) is 38.9 Å². The van der Waals surface area contributed by atoms with E-state index in [9.17, 15) is 18.0 Å². The normalized spacial score (nSPS) is 17.5. The number of nitrogens with one attached hydrogen (secondary N) is 1. The largest absolute Gasteiger partial charge is 0.411 e. The molecule has 1 atom stereocenters. The monoisotopic (exact) mass is 401 g/mol. The van der Waals surface area contributed by atoms with Crippen molar-refractivity contribution in [3.8, 4) is 0 Å². The molecule has 8 heteroatoms. The van der Waals surface area contributed by atoms with Gasteiger partial charge in [-0.25, -0.2) is 0 Å². The van der Waals surface area contributed by atoms with Crippen LogP contribution in [-0.2, 0) is 16.0 Å². The zero-order valence-corrected chi connectivity index (χ0v) is 16.6. The first-order valence-electron chi connectivity index (χ1n) is 9.79.